The molecule has 2 amide bonds. The van der Waals surface area contributed by atoms with Crippen LogP contribution in [0.15, 0.2) is 72.6 Å². The normalized spacial score (nSPS) is 20.3. The van der Waals surface area contributed by atoms with Crippen LogP contribution in [0.4, 0.5) is 4.39 Å². The number of halogens is 1. The molecule has 0 radical (unpaired) electrons. The van der Waals surface area contributed by atoms with E-state index in [0.717, 1.165) is 87.0 Å². The summed E-state index contributed by atoms with van der Waals surface area (Å²) >= 11 is 0. The first-order valence-corrected chi connectivity index (χ1v) is 16.2. The van der Waals surface area contributed by atoms with Crippen LogP contribution in [-0.4, -0.2) is 47.9 Å². The van der Waals surface area contributed by atoms with Crippen molar-refractivity contribution < 1.29 is 14.0 Å². The molecule has 228 valence electrons. The van der Waals surface area contributed by atoms with Crippen LogP contribution in [0.25, 0.3) is 5.57 Å². The lowest BCUT2D eigenvalue weighted by molar-refractivity contribution is -0.139. The summed E-state index contributed by atoms with van der Waals surface area (Å²) in [4.78, 5) is 32.4. The third kappa shape index (κ3) is 5.70. The molecule has 1 spiro atoms. The average molecular weight is 593 g/mol. The molecular formula is C37H41FN4O2. The number of benzene rings is 2. The Morgan fingerprint density at radius 3 is 2.18 bits per heavy atom. The third-order valence-electron chi connectivity index (χ3n) is 10.5. The van der Waals surface area contributed by atoms with Crippen molar-refractivity contribution in [3.8, 4) is 0 Å². The van der Waals surface area contributed by atoms with Gasteiger partial charge in [0.1, 0.15) is 5.82 Å². The van der Waals surface area contributed by atoms with Crippen LogP contribution in [0.3, 0.4) is 0 Å². The van der Waals surface area contributed by atoms with Crippen LogP contribution in [0.2, 0.25) is 0 Å². The minimum atomic E-state index is -0.229. The number of carbonyl (C=O) groups is 2. The number of carbonyl (C=O) groups excluding carboxylic acids is 2. The van der Waals surface area contributed by atoms with E-state index in [-0.39, 0.29) is 23.7 Å². The van der Waals surface area contributed by atoms with Gasteiger partial charge in [-0.15, -0.1) is 0 Å². The molecule has 44 heavy (non-hydrogen) atoms. The largest absolute Gasteiger partial charge is 0.345 e. The van der Waals surface area contributed by atoms with Gasteiger partial charge in [-0.1, -0.05) is 48.4 Å². The van der Waals surface area contributed by atoms with E-state index in [1.54, 1.807) is 6.20 Å². The van der Waals surface area contributed by atoms with Crippen molar-refractivity contribution in [1.82, 2.24) is 20.5 Å². The van der Waals surface area contributed by atoms with Crippen LogP contribution in [-0.2, 0) is 4.79 Å². The fourth-order valence-corrected chi connectivity index (χ4v) is 7.40. The molecule has 2 saturated heterocycles. The number of hydrogen-bond donors (Lipinski definition) is 2. The minimum Gasteiger partial charge on any atom is -0.345 e. The summed E-state index contributed by atoms with van der Waals surface area (Å²) in [6.45, 7) is 5.70. The Hall–Kier alpha value is -3.84. The highest BCUT2D eigenvalue weighted by molar-refractivity contribution is 5.94. The van der Waals surface area contributed by atoms with Crippen molar-refractivity contribution in [3.05, 3.63) is 106 Å². The molecule has 3 aromatic rings. The average Bonchev–Trinajstić information content (AvgIpc) is 2.98. The molecule has 4 aliphatic rings. The van der Waals surface area contributed by atoms with E-state index in [1.807, 2.05) is 36.2 Å². The van der Waals surface area contributed by atoms with Crippen LogP contribution in [0, 0.1) is 17.2 Å². The number of amides is 2. The first-order valence-electron chi connectivity index (χ1n) is 16.2. The number of hydrogen-bond acceptors (Lipinski definition) is 4. The fourth-order valence-electron chi connectivity index (χ4n) is 7.40. The summed E-state index contributed by atoms with van der Waals surface area (Å²) in [5.74, 6) is 0.507. The van der Waals surface area contributed by atoms with Gasteiger partial charge in [0.2, 0.25) is 5.91 Å². The van der Waals surface area contributed by atoms with Gasteiger partial charge < -0.3 is 15.5 Å². The predicted octanol–water partition coefficient (Wildman–Crippen LogP) is 6.40. The SMILES string of the molecule is C[C@@H](NC(=O)c1cncc(C2CCN(C(=O)C3CCC3)CC2)c1)c1ccc(C(=C2CC3(CNC3)C2)c2ccc(F)cc2)cc1. The Bertz CT molecular complexity index is 1560. The molecular weight excluding hydrogens is 551 g/mol. The zero-order valence-electron chi connectivity index (χ0n) is 25.4. The van der Waals surface area contributed by atoms with E-state index in [0.29, 0.717) is 22.8 Å². The van der Waals surface area contributed by atoms with Gasteiger partial charge in [-0.05, 0) is 97.4 Å². The highest BCUT2D eigenvalue weighted by atomic mass is 19.1. The van der Waals surface area contributed by atoms with Gasteiger partial charge in [0, 0.05) is 49.9 Å². The minimum absolute atomic E-state index is 0.142. The monoisotopic (exact) mass is 592 g/mol. The summed E-state index contributed by atoms with van der Waals surface area (Å²) < 4.78 is 13.7. The topological polar surface area (TPSA) is 74.3 Å². The van der Waals surface area contributed by atoms with E-state index in [2.05, 4.69) is 39.9 Å². The van der Waals surface area contributed by atoms with Gasteiger partial charge in [-0.2, -0.15) is 0 Å². The number of piperidine rings is 1. The number of likely N-dealkylation sites (tertiary alicyclic amines) is 1. The first-order chi connectivity index (χ1) is 21.4. The molecule has 0 bridgehead atoms. The number of nitrogens with zero attached hydrogens (tertiary/aromatic N) is 2. The fraction of sp³-hybridized carbons (Fsp3) is 0.432. The second kappa shape index (κ2) is 11.9. The summed E-state index contributed by atoms with van der Waals surface area (Å²) in [5.41, 5.74) is 7.84. The smallest absolute Gasteiger partial charge is 0.253 e. The van der Waals surface area contributed by atoms with Gasteiger partial charge >= 0.3 is 0 Å². The van der Waals surface area contributed by atoms with E-state index in [9.17, 15) is 14.0 Å². The second-order valence-corrected chi connectivity index (χ2v) is 13.5. The Morgan fingerprint density at radius 1 is 0.932 bits per heavy atom. The van der Waals surface area contributed by atoms with E-state index in [1.165, 1.54) is 29.7 Å². The molecule has 3 heterocycles. The summed E-state index contributed by atoms with van der Waals surface area (Å²) in [5, 5.41) is 6.56. The zero-order valence-corrected chi connectivity index (χ0v) is 25.4. The molecule has 4 fully saturated rings. The van der Waals surface area contributed by atoms with E-state index < -0.39 is 0 Å². The molecule has 2 saturated carbocycles. The molecule has 2 aromatic carbocycles. The Morgan fingerprint density at radius 2 is 1.59 bits per heavy atom. The van der Waals surface area contributed by atoms with Crippen molar-refractivity contribution in [2.75, 3.05) is 26.2 Å². The van der Waals surface area contributed by atoms with Crippen molar-refractivity contribution in [2.24, 2.45) is 11.3 Å². The Balaban J connectivity index is 1.00. The van der Waals surface area contributed by atoms with Gasteiger partial charge in [0.15, 0.2) is 0 Å². The van der Waals surface area contributed by atoms with Gasteiger partial charge in [-0.3, -0.25) is 14.6 Å². The number of aromatic nitrogens is 1. The Labute approximate surface area is 259 Å². The van der Waals surface area contributed by atoms with Gasteiger partial charge in [-0.25, -0.2) is 4.39 Å². The predicted molar refractivity (Wildman–Crippen MR) is 169 cm³/mol. The van der Waals surface area contributed by atoms with Crippen LogP contribution >= 0.6 is 0 Å². The zero-order chi connectivity index (χ0) is 30.3. The standard InChI is InChI=1S/C37H41FN4O2/c1-24(41-35(43)31-17-30(20-39-21-31)26-13-15-42(16-14-26)36(44)29-3-2-4-29)25-5-7-27(8-6-25)34(28-9-11-33(38)12-10-28)32-18-37(19-32)22-40-23-37/h5-12,17,20-21,24,26,29,40H,2-4,13-16,18-19,22-23H2,1H3,(H,41,43)/t24-/m1/s1. The molecule has 7 rings (SSSR count). The van der Waals surface area contributed by atoms with Gasteiger partial charge in [0.25, 0.3) is 5.91 Å². The first kappa shape index (κ1) is 28.9. The molecule has 6 nitrogen and oxygen atoms in total. The van der Waals surface area contributed by atoms with Crippen LogP contribution < -0.4 is 10.6 Å². The second-order valence-electron chi connectivity index (χ2n) is 13.5. The van der Waals surface area contributed by atoms with E-state index in [4.69, 9.17) is 0 Å². The molecule has 2 aliphatic heterocycles. The maximum absolute atomic E-state index is 13.7. The Kier molecular flexibility index (Phi) is 7.83. The van der Waals surface area contributed by atoms with Crippen molar-refractivity contribution in [3.63, 3.8) is 0 Å². The summed E-state index contributed by atoms with van der Waals surface area (Å²) in [7, 11) is 0. The number of allylic oxidation sites excluding steroid dienone is 1. The van der Waals surface area contributed by atoms with Crippen molar-refractivity contribution in [2.45, 2.75) is 63.8 Å². The summed E-state index contributed by atoms with van der Waals surface area (Å²) in [6, 6.07) is 17.0. The third-order valence-corrected chi connectivity index (χ3v) is 10.5. The van der Waals surface area contributed by atoms with Crippen molar-refractivity contribution >= 4 is 17.4 Å². The molecule has 7 heteroatoms. The highest BCUT2D eigenvalue weighted by Gasteiger charge is 2.46. The highest BCUT2D eigenvalue weighted by Crippen LogP contribution is 2.51. The molecule has 2 N–H and O–H groups in total. The molecule has 1 aromatic heterocycles. The molecule has 2 aliphatic carbocycles. The summed E-state index contributed by atoms with van der Waals surface area (Å²) in [6.07, 6.45) is 10.7. The quantitative estimate of drug-likeness (QED) is 0.333. The lowest BCUT2D eigenvalue weighted by Crippen LogP contribution is -2.58. The lowest BCUT2D eigenvalue weighted by atomic mass is 9.60. The molecule has 1 atom stereocenters. The number of nitrogens with one attached hydrogen (secondary N) is 2. The number of rotatable bonds is 7. The lowest BCUT2D eigenvalue weighted by Gasteiger charge is -2.52. The van der Waals surface area contributed by atoms with E-state index >= 15 is 0 Å². The van der Waals surface area contributed by atoms with Crippen LogP contribution in [0.1, 0.15) is 96.4 Å². The van der Waals surface area contributed by atoms with Gasteiger partial charge in [0.05, 0.1) is 11.6 Å². The number of pyridine rings is 1. The van der Waals surface area contributed by atoms with Crippen LogP contribution in [0.5, 0.6) is 0 Å². The van der Waals surface area contributed by atoms with Crippen molar-refractivity contribution in [1.29, 1.82) is 0 Å². The maximum Gasteiger partial charge on any atom is 0.253 e. The molecule has 0 unspecified atom stereocenters. The maximum atomic E-state index is 13.7.